The second-order valence-electron chi connectivity index (χ2n) is 8.74. The minimum absolute atomic E-state index is 0.147. The minimum atomic E-state index is -0.360. The average molecular weight is 480 g/mol. The lowest BCUT2D eigenvalue weighted by molar-refractivity contribution is 0.0526. The van der Waals surface area contributed by atoms with Crippen LogP contribution in [0.1, 0.15) is 99.8 Å². The average Bonchev–Trinajstić information content (AvgIpc) is 2.87. The van der Waals surface area contributed by atoms with E-state index in [9.17, 15) is 4.79 Å². The summed E-state index contributed by atoms with van der Waals surface area (Å²) in [6, 6.07) is 7.97. The van der Waals surface area contributed by atoms with E-state index in [1.807, 2.05) is 11.8 Å². The van der Waals surface area contributed by atoms with Crippen LogP contribution in [0.4, 0.5) is 0 Å². The summed E-state index contributed by atoms with van der Waals surface area (Å²) in [7, 11) is 0. The molecule has 1 aromatic carbocycles. The fourth-order valence-corrected chi connectivity index (χ4v) is 5.46. The second kappa shape index (κ2) is 12.9. The number of ether oxygens (including phenoxy) is 2. The number of carbonyl (C=O) groups is 1. The lowest BCUT2D eigenvalue weighted by Crippen LogP contribution is -2.32. The van der Waals surface area contributed by atoms with Gasteiger partial charge in [0, 0.05) is 27.6 Å². The smallest absolute Gasteiger partial charge is 0.339 e. The Bertz CT molecular complexity index is 1020. The first kappa shape index (κ1) is 26.2. The largest absolute Gasteiger partial charge is 0.493 e. The topological polar surface area (TPSA) is 48.4 Å². The van der Waals surface area contributed by atoms with Gasteiger partial charge >= 0.3 is 5.97 Å². The third-order valence-electron chi connectivity index (χ3n) is 6.70. The Morgan fingerprint density at radius 3 is 2.62 bits per heavy atom. The highest BCUT2D eigenvalue weighted by Crippen LogP contribution is 2.46. The Morgan fingerprint density at radius 1 is 1.12 bits per heavy atom. The molecule has 1 aliphatic rings. The normalized spacial score (nSPS) is 13.9. The maximum atomic E-state index is 11.9. The van der Waals surface area contributed by atoms with Gasteiger partial charge in [-0.1, -0.05) is 46.0 Å². The van der Waals surface area contributed by atoms with Crippen LogP contribution >= 0.6 is 11.8 Å². The molecule has 4 nitrogen and oxygen atoms in total. The number of hydrogen-bond donors (Lipinski definition) is 0. The van der Waals surface area contributed by atoms with Gasteiger partial charge in [0.05, 0.1) is 18.8 Å². The molecule has 0 fully saturated rings. The van der Waals surface area contributed by atoms with Gasteiger partial charge in [0.2, 0.25) is 0 Å². The number of hydrogen-bond acceptors (Lipinski definition) is 5. The molecule has 0 N–H and O–H groups in total. The van der Waals surface area contributed by atoms with Crippen LogP contribution in [-0.4, -0.2) is 29.9 Å². The molecular weight excluding hydrogens is 442 g/mol. The van der Waals surface area contributed by atoms with E-state index >= 15 is 0 Å². The van der Waals surface area contributed by atoms with Crippen LogP contribution in [0, 0.1) is 11.8 Å². The second-order valence-corrected chi connectivity index (χ2v) is 9.88. The highest BCUT2D eigenvalue weighted by molar-refractivity contribution is 7.99. The fourth-order valence-electron chi connectivity index (χ4n) is 4.43. The predicted octanol–water partition coefficient (Wildman–Crippen LogP) is 7.17. The predicted molar refractivity (Wildman–Crippen MR) is 140 cm³/mol. The molecule has 0 amide bonds. The van der Waals surface area contributed by atoms with Gasteiger partial charge in [0.15, 0.2) is 0 Å². The van der Waals surface area contributed by atoms with Crippen LogP contribution in [0.15, 0.2) is 35.4 Å². The fraction of sp³-hybridized carbons (Fsp3) is 0.517. The lowest BCUT2D eigenvalue weighted by Gasteiger charge is -2.38. The third kappa shape index (κ3) is 6.36. The first-order valence-electron chi connectivity index (χ1n) is 12.7. The molecule has 2 heterocycles. The molecular formula is C29H37NO3S. The van der Waals surface area contributed by atoms with E-state index in [4.69, 9.17) is 9.47 Å². The summed E-state index contributed by atoms with van der Waals surface area (Å²) in [5, 5.41) is 0. The van der Waals surface area contributed by atoms with Crippen LogP contribution in [-0.2, 0) is 10.2 Å². The van der Waals surface area contributed by atoms with Crippen molar-refractivity contribution in [3.8, 4) is 17.6 Å². The van der Waals surface area contributed by atoms with Crippen LogP contribution in [0.25, 0.3) is 0 Å². The van der Waals surface area contributed by atoms with Gasteiger partial charge in [-0.05, 0) is 68.5 Å². The molecule has 0 saturated heterocycles. The summed E-state index contributed by atoms with van der Waals surface area (Å²) in [4.78, 5) is 17.4. The van der Waals surface area contributed by atoms with E-state index in [1.165, 1.54) is 42.3 Å². The van der Waals surface area contributed by atoms with Crippen LogP contribution in [0.5, 0.6) is 5.75 Å². The lowest BCUT2D eigenvalue weighted by atomic mass is 9.71. The van der Waals surface area contributed by atoms with Gasteiger partial charge in [-0.25, -0.2) is 9.78 Å². The van der Waals surface area contributed by atoms with Crippen molar-refractivity contribution in [3.05, 3.63) is 52.8 Å². The summed E-state index contributed by atoms with van der Waals surface area (Å²) in [5.74, 6) is 8.34. The number of fused-ring (bicyclic) bond motifs is 1. The summed E-state index contributed by atoms with van der Waals surface area (Å²) >= 11 is 1.87. The van der Waals surface area contributed by atoms with Crippen molar-refractivity contribution in [3.63, 3.8) is 0 Å². The summed E-state index contributed by atoms with van der Waals surface area (Å²) < 4.78 is 11.2. The Balaban J connectivity index is 1.92. The van der Waals surface area contributed by atoms with Crippen molar-refractivity contribution in [2.45, 2.75) is 83.0 Å². The van der Waals surface area contributed by atoms with Crippen LogP contribution < -0.4 is 4.74 Å². The molecule has 3 rings (SSSR count). The molecule has 0 atom stereocenters. The van der Waals surface area contributed by atoms with Gasteiger partial charge in [-0.3, -0.25) is 0 Å². The molecule has 0 radical (unpaired) electrons. The number of thioether (sulfide) groups is 1. The van der Waals surface area contributed by atoms with E-state index in [2.05, 4.69) is 49.7 Å². The summed E-state index contributed by atoms with van der Waals surface area (Å²) in [6.45, 7) is 9.70. The van der Waals surface area contributed by atoms with Crippen LogP contribution in [0.2, 0.25) is 0 Å². The monoisotopic (exact) mass is 479 g/mol. The van der Waals surface area contributed by atoms with E-state index in [-0.39, 0.29) is 11.4 Å². The Labute approximate surface area is 209 Å². The van der Waals surface area contributed by atoms with Gasteiger partial charge < -0.3 is 9.47 Å². The molecule has 34 heavy (non-hydrogen) atoms. The SMILES string of the molecule is CCCCCCSc1cc2c(cc1C#Cc1ccc(C(=O)OCC)cn1)C(CC)(CC)CCO2. The first-order chi connectivity index (χ1) is 16.6. The van der Waals surface area contributed by atoms with Crippen LogP contribution in [0.3, 0.4) is 0 Å². The number of pyridine rings is 1. The first-order valence-corrected chi connectivity index (χ1v) is 13.6. The minimum Gasteiger partial charge on any atom is -0.493 e. The van der Waals surface area contributed by atoms with E-state index < -0.39 is 0 Å². The Hall–Kier alpha value is -2.45. The van der Waals surface area contributed by atoms with Crippen molar-refractivity contribution in [2.75, 3.05) is 19.0 Å². The molecule has 1 aromatic heterocycles. The van der Waals surface area contributed by atoms with E-state index in [0.717, 1.165) is 42.9 Å². The zero-order valence-corrected chi connectivity index (χ0v) is 21.9. The number of aromatic nitrogens is 1. The number of esters is 1. The zero-order valence-electron chi connectivity index (χ0n) is 21.0. The maximum absolute atomic E-state index is 11.9. The molecule has 0 bridgehead atoms. The van der Waals surface area contributed by atoms with E-state index in [1.54, 1.807) is 19.1 Å². The van der Waals surface area contributed by atoms with Gasteiger partial charge in [0.25, 0.3) is 0 Å². The number of carbonyl (C=O) groups excluding carboxylic acids is 1. The molecule has 0 aliphatic carbocycles. The van der Waals surface area contributed by atoms with Gasteiger partial charge in [0.1, 0.15) is 11.4 Å². The molecule has 0 saturated carbocycles. The third-order valence-corrected chi connectivity index (χ3v) is 7.84. The molecule has 2 aromatic rings. The molecule has 0 spiro atoms. The molecule has 0 unspecified atom stereocenters. The quantitative estimate of drug-likeness (QED) is 0.156. The molecule has 5 heteroatoms. The maximum Gasteiger partial charge on any atom is 0.339 e. The standard InChI is InChI=1S/C29H37NO3S/c1-5-9-10-11-18-34-27-20-26-25(29(6-2,7-3)16-17-33-26)19-22(27)12-14-24-15-13-23(21-30-24)28(31)32-8-4/h13,15,19-21H,5-11,16-18H2,1-4H3. The number of rotatable bonds is 10. The van der Waals surface area contributed by atoms with Crippen molar-refractivity contribution in [1.82, 2.24) is 4.98 Å². The number of nitrogens with zero attached hydrogens (tertiary/aromatic N) is 1. The van der Waals surface area contributed by atoms with Crippen molar-refractivity contribution in [1.29, 1.82) is 0 Å². The summed E-state index contributed by atoms with van der Waals surface area (Å²) in [5.41, 5.74) is 3.55. The highest BCUT2D eigenvalue weighted by Gasteiger charge is 2.35. The Kier molecular flexibility index (Phi) is 9.89. The Morgan fingerprint density at radius 2 is 1.94 bits per heavy atom. The van der Waals surface area contributed by atoms with Crippen molar-refractivity contribution in [2.24, 2.45) is 0 Å². The summed E-state index contributed by atoms with van der Waals surface area (Å²) in [6.07, 6.45) is 9.74. The van der Waals surface area contributed by atoms with Crippen molar-refractivity contribution >= 4 is 17.7 Å². The van der Waals surface area contributed by atoms with Gasteiger partial charge in [-0.2, -0.15) is 0 Å². The molecule has 182 valence electrons. The number of benzene rings is 1. The highest BCUT2D eigenvalue weighted by atomic mass is 32.2. The number of unbranched alkanes of at least 4 members (excludes halogenated alkanes) is 3. The van der Waals surface area contributed by atoms with E-state index in [0.29, 0.717) is 17.9 Å². The molecule has 1 aliphatic heterocycles. The zero-order chi connectivity index (χ0) is 24.4. The van der Waals surface area contributed by atoms with Gasteiger partial charge in [-0.15, -0.1) is 11.8 Å². The van der Waals surface area contributed by atoms with Crippen molar-refractivity contribution < 1.29 is 14.3 Å².